The van der Waals surface area contributed by atoms with Crippen molar-refractivity contribution in [2.45, 2.75) is 20.3 Å². The molecule has 0 spiro atoms. The minimum atomic E-state index is -1.43. The van der Waals surface area contributed by atoms with Gasteiger partial charge in [-0.2, -0.15) is 0 Å². The number of likely N-dealkylation sites (N-methyl/N-ethyl adjacent to an activating group) is 1. The number of aliphatic carboxylic acids is 1. The second-order valence-electron chi connectivity index (χ2n) is 3.00. The van der Waals surface area contributed by atoms with Gasteiger partial charge in [-0.1, -0.05) is 13.8 Å². The highest BCUT2D eigenvalue weighted by Gasteiger charge is 2.09. The summed E-state index contributed by atoms with van der Waals surface area (Å²) in [4.78, 5) is 22.9. The molecule has 5 heteroatoms. The molecule has 1 amide bonds. The van der Waals surface area contributed by atoms with Crippen LogP contribution >= 0.6 is 0 Å². The Morgan fingerprint density at radius 2 is 1.93 bits per heavy atom. The van der Waals surface area contributed by atoms with Crippen LogP contribution in [0.15, 0.2) is 0 Å². The Morgan fingerprint density at radius 1 is 1.29 bits per heavy atom. The molecule has 0 aliphatic rings. The molecule has 0 saturated heterocycles. The van der Waals surface area contributed by atoms with E-state index in [-0.39, 0.29) is 0 Å². The molecule has 0 heterocycles. The van der Waals surface area contributed by atoms with E-state index in [0.29, 0.717) is 13.1 Å². The summed E-state index contributed by atoms with van der Waals surface area (Å²) in [6.07, 6.45) is 1.06. The normalized spacial score (nSPS) is 10.2. The minimum absolute atomic E-state index is 0.388. The molecule has 0 rings (SSSR count). The number of nitrogens with zero attached hydrogens (tertiary/aromatic N) is 1. The average Bonchev–Trinajstić information content (AvgIpc) is 2.16. The lowest BCUT2D eigenvalue weighted by Crippen LogP contribution is -2.38. The van der Waals surface area contributed by atoms with E-state index in [4.69, 9.17) is 5.11 Å². The van der Waals surface area contributed by atoms with E-state index >= 15 is 0 Å². The van der Waals surface area contributed by atoms with Gasteiger partial charge in [0.2, 0.25) is 0 Å². The zero-order chi connectivity index (χ0) is 11.0. The van der Waals surface area contributed by atoms with Crippen molar-refractivity contribution >= 4 is 11.9 Å². The SMILES string of the molecule is CCCN(CC)CCNC(=O)C(=O)O. The summed E-state index contributed by atoms with van der Waals surface area (Å²) in [7, 11) is 0. The third-order valence-electron chi connectivity index (χ3n) is 1.89. The number of carbonyl (C=O) groups excluding carboxylic acids is 1. The fourth-order valence-electron chi connectivity index (χ4n) is 1.15. The molecule has 0 radical (unpaired) electrons. The monoisotopic (exact) mass is 202 g/mol. The molecule has 0 aromatic heterocycles. The third kappa shape index (κ3) is 5.53. The molecular formula is C9H18N2O3. The van der Waals surface area contributed by atoms with Crippen molar-refractivity contribution in [3.8, 4) is 0 Å². The maximum atomic E-state index is 10.6. The van der Waals surface area contributed by atoms with Gasteiger partial charge in [-0.05, 0) is 19.5 Å². The van der Waals surface area contributed by atoms with Gasteiger partial charge in [-0.3, -0.25) is 4.79 Å². The fraction of sp³-hybridized carbons (Fsp3) is 0.778. The Hall–Kier alpha value is -1.10. The van der Waals surface area contributed by atoms with E-state index in [2.05, 4.69) is 17.1 Å². The lowest BCUT2D eigenvalue weighted by molar-refractivity contribution is -0.150. The second-order valence-corrected chi connectivity index (χ2v) is 3.00. The fourth-order valence-corrected chi connectivity index (χ4v) is 1.15. The Balaban J connectivity index is 3.60. The van der Waals surface area contributed by atoms with Crippen LogP contribution in [0, 0.1) is 0 Å². The van der Waals surface area contributed by atoms with Crippen LogP contribution in [0.1, 0.15) is 20.3 Å². The highest BCUT2D eigenvalue weighted by Crippen LogP contribution is 1.88. The predicted octanol–water partition coefficient (Wildman–Crippen LogP) is -0.0809. The number of hydrogen-bond acceptors (Lipinski definition) is 3. The molecule has 0 aliphatic heterocycles. The van der Waals surface area contributed by atoms with Gasteiger partial charge in [-0.25, -0.2) is 4.79 Å². The molecule has 2 N–H and O–H groups in total. The van der Waals surface area contributed by atoms with E-state index in [1.54, 1.807) is 0 Å². The van der Waals surface area contributed by atoms with Gasteiger partial charge >= 0.3 is 11.9 Å². The molecular weight excluding hydrogens is 184 g/mol. The number of amides is 1. The van der Waals surface area contributed by atoms with Crippen LogP contribution in [0.3, 0.4) is 0 Å². The second kappa shape index (κ2) is 7.32. The van der Waals surface area contributed by atoms with Crippen molar-refractivity contribution in [1.29, 1.82) is 0 Å². The van der Waals surface area contributed by atoms with Crippen LogP contribution in [0.5, 0.6) is 0 Å². The number of nitrogens with one attached hydrogen (secondary N) is 1. The molecule has 14 heavy (non-hydrogen) atoms. The molecule has 0 fully saturated rings. The van der Waals surface area contributed by atoms with Gasteiger partial charge in [0.25, 0.3) is 0 Å². The summed E-state index contributed by atoms with van der Waals surface area (Å²) < 4.78 is 0. The Kier molecular flexibility index (Phi) is 6.74. The molecule has 5 nitrogen and oxygen atoms in total. The summed E-state index contributed by atoms with van der Waals surface area (Å²) in [5, 5.41) is 10.6. The summed E-state index contributed by atoms with van der Waals surface area (Å²) in [6, 6.07) is 0. The predicted molar refractivity (Wildman–Crippen MR) is 53.1 cm³/mol. The first-order valence-electron chi connectivity index (χ1n) is 4.85. The molecule has 0 aromatic rings. The van der Waals surface area contributed by atoms with E-state index < -0.39 is 11.9 Å². The average molecular weight is 202 g/mol. The van der Waals surface area contributed by atoms with Crippen molar-refractivity contribution in [2.75, 3.05) is 26.2 Å². The Bertz CT molecular complexity index is 194. The van der Waals surface area contributed by atoms with Crippen molar-refractivity contribution < 1.29 is 14.7 Å². The molecule has 0 saturated carbocycles. The first kappa shape index (κ1) is 12.9. The van der Waals surface area contributed by atoms with Gasteiger partial charge in [0.1, 0.15) is 0 Å². The summed E-state index contributed by atoms with van der Waals surface area (Å²) in [6.45, 7) is 7.09. The first-order chi connectivity index (χ1) is 6.61. The number of hydrogen-bond donors (Lipinski definition) is 2. The molecule has 0 aromatic carbocycles. The van der Waals surface area contributed by atoms with E-state index in [1.165, 1.54) is 0 Å². The number of carbonyl (C=O) groups is 2. The molecule has 0 atom stereocenters. The molecule has 0 bridgehead atoms. The standard InChI is InChI=1S/C9H18N2O3/c1-3-6-11(4-2)7-5-10-8(12)9(13)14/h3-7H2,1-2H3,(H,10,12)(H,13,14). The van der Waals surface area contributed by atoms with Gasteiger partial charge in [0.15, 0.2) is 0 Å². The van der Waals surface area contributed by atoms with Gasteiger partial charge < -0.3 is 15.3 Å². The molecule has 0 aliphatic carbocycles. The Morgan fingerprint density at radius 3 is 2.36 bits per heavy atom. The van der Waals surface area contributed by atoms with Crippen molar-refractivity contribution in [3.05, 3.63) is 0 Å². The van der Waals surface area contributed by atoms with Gasteiger partial charge in [0.05, 0.1) is 0 Å². The van der Waals surface area contributed by atoms with Crippen molar-refractivity contribution in [2.24, 2.45) is 0 Å². The van der Waals surface area contributed by atoms with Crippen LogP contribution in [-0.4, -0.2) is 48.1 Å². The summed E-state index contributed by atoms with van der Waals surface area (Å²) >= 11 is 0. The maximum Gasteiger partial charge on any atom is 0.394 e. The van der Waals surface area contributed by atoms with Gasteiger partial charge in [-0.15, -0.1) is 0 Å². The molecule has 0 unspecified atom stereocenters. The van der Waals surface area contributed by atoms with Crippen molar-refractivity contribution in [1.82, 2.24) is 10.2 Å². The first-order valence-corrected chi connectivity index (χ1v) is 4.85. The van der Waals surface area contributed by atoms with Crippen molar-refractivity contribution in [3.63, 3.8) is 0 Å². The van der Waals surface area contributed by atoms with E-state index in [9.17, 15) is 9.59 Å². The Labute approximate surface area is 84.1 Å². The minimum Gasteiger partial charge on any atom is -0.474 e. The lowest BCUT2D eigenvalue weighted by Gasteiger charge is -2.18. The van der Waals surface area contributed by atoms with Crippen LogP contribution in [0.2, 0.25) is 0 Å². The summed E-state index contributed by atoms with van der Waals surface area (Å²) in [5.41, 5.74) is 0. The number of carboxylic acid groups (broad SMARTS) is 1. The summed E-state index contributed by atoms with van der Waals surface area (Å²) in [5.74, 6) is -2.36. The van der Waals surface area contributed by atoms with Crippen LogP contribution < -0.4 is 5.32 Å². The largest absolute Gasteiger partial charge is 0.474 e. The molecule has 82 valence electrons. The smallest absolute Gasteiger partial charge is 0.394 e. The topological polar surface area (TPSA) is 69.6 Å². The maximum absolute atomic E-state index is 10.6. The highest BCUT2D eigenvalue weighted by atomic mass is 16.4. The van der Waals surface area contributed by atoms with Crippen LogP contribution in [0.25, 0.3) is 0 Å². The van der Waals surface area contributed by atoms with E-state index in [0.717, 1.165) is 19.5 Å². The zero-order valence-corrected chi connectivity index (χ0v) is 8.75. The highest BCUT2D eigenvalue weighted by molar-refractivity contribution is 6.31. The quantitative estimate of drug-likeness (QED) is 0.591. The van der Waals surface area contributed by atoms with Crippen LogP contribution in [0.4, 0.5) is 0 Å². The van der Waals surface area contributed by atoms with Gasteiger partial charge in [0, 0.05) is 13.1 Å². The van der Waals surface area contributed by atoms with Crippen LogP contribution in [-0.2, 0) is 9.59 Å². The number of rotatable bonds is 6. The lowest BCUT2D eigenvalue weighted by atomic mass is 10.4. The zero-order valence-electron chi connectivity index (χ0n) is 8.75. The third-order valence-corrected chi connectivity index (χ3v) is 1.89. The number of carboxylic acids is 1. The van der Waals surface area contributed by atoms with E-state index in [1.807, 2.05) is 6.92 Å².